The molecule has 0 radical (unpaired) electrons. The van der Waals surface area contributed by atoms with Crippen molar-refractivity contribution in [3.05, 3.63) is 42.4 Å². The molecular formula is C21H25N5O2. The van der Waals surface area contributed by atoms with E-state index in [2.05, 4.69) is 25.5 Å². The maximum atomic E-state index is 12.8. The van der Waals surface area contributed by atoms with Gasteiger partial charge in [-0.05, 0) is 43.9 Å². The van der Waals surface area contributed by atoms with Gasteiger partial charge in [0.15, 0.2) is 0 Å². The molecule has 1 saturated carbocycles. The first-order chi connectivity index (χ1) is 13.7. The Kier molecular flexibility index (Phi) is 5.50. The number of carbonyl (C=O) groups is 2. The van der Waals surface area contributed by atoms with Gasteiger partial charge < -0.3 is 15.5 Å². The zero-order valence-corrected chi connectivity index (χ0v) is 15.9. The van der Waals surface area contributed by atoms with Crippen molar-refractivity contribution in [2.75, 3.05) is 28.6 Å². The highest BCUT2D eigenvalue weighted by Crippen LogP contribution is 2.30. The fourth-order valence-corrected chi connectivity index (χ4v) is 3.48. The number of nitrogens with one attached hydrogen (secondary N) is 2. The summed E-state index contributed by atoms with van der Waals surface area (Å²) in [6.07, 6.45) is 11.6. The van der Waals surface area contributed by atoms with Crippen molar-refractivity contribution in [3.8, 4) is 0 Å². The predicted octanol–water partition coefficient (Wildman–Crippen LogP) is 3.46. The van der Waals surface area contributed by atoms with Gasteiger partial charge in [0.25, 0.3) is 5.91 Å². The zero-order valence-electron chi connectivity index (χ0n) is 15.9. The third-order valence-electron chi connectivity index (χ3n) is 5.21. The van der Waals surface area contributed by atoms with Gasteiger partial charge in [-0.3, -0.25) is 14.6 Å². The van der Waals surface area contributed by atoms with Crippen molar-refractivity contribution in [2.24, 2.45) is 5.92 Å². The minimum atomic E-state index is -0.242. The Labute approximate surface area is 164 Å². The van der Waals surface area contributed by atoms with Crippen LogP contribution in [0.2, 0.25) is 0 Å². The van der Waals surface area contributed by atoms with Crippen LogP contribution >= 0.6 is 0 Å². The van der Waals surface area contributed by atoms with E-state index in [-0.39, 0.29) is 17.7 Å². The van der Waals surface area contributed by atoms with E-state index in [1.54, 1.807) is 24.5 Å². The fourth-order valence-electron chi connectivity index (χ4n) is 3.48. The van der Waals surface area contributed by atoms with E-state index in [1.165, 1.54) is 19.0 Å². The first-order valence-corrected chi connectivity index (χ1v) is 9.98. The van der Waals surface area contributed by atoms with Gasteiger partial charge in [0, 0.05) is 37.0 Å². The first-order valence-electron chi connectivity index (χ1n) is 9.98. The van der Waals surface area contributed by atoms with Crippen molar-refractivity contribution < 1.29 is 9.59 Å². The summed E-state index contributed by atoms with van der Waals surface area (Å²) < 4.78 is 0. The van der Waals surface area contributed by atoms with Crippen LogP contribution in [0.3, 0.4) is 0 Å². The van der Waals surface area contributed by atoms with Crippen LogP contribution in [0.4, 0.5) is 17.2 Å². The summed E-state index contributed by atoms with van der Waals surface area (Å²) in [5, 5.41) is 5.76. The lowest BCUT2D eigenvalue weighted by Gasteiger charge is -2.25. The second kappa shape index (κ2) is 8.37. The van der Waals surface area contributed by atoms with Crippen LogP contribution in [0, 0.1) is 5.92 Å². The van der Waals surface area contributed by atoms with E-state index >= 15 is 0 Å². The van der Waals surface area contributed by atoms with Crippen LogP contribution in [0.25, 0.3) is 0 Å². The van der Waals surface area contributed by atoms with Crippen LogP contribution in [-0.4, -0.2) is 34.9 Å². The molecule has 1 saturated heterocycles. The zero-order chi connectivity index (χ0) is 19.3. The highest BCUT2D eigenvalue weighted by atomic mass is 16.2. The number of hydrogen-bond acceptors (Lipinski definition) is 5. The van der Waals surface area contributed by atoms with Gasteiger partial charge in [-0.15, -0.1) is 0 Å². The number of carbonyl (C=O) groups excluding carboxylic acids is 2. The topological polar surface area (TPSA) is 87.2 Å². The Morgan fingerprint density at radius 2 is 1.79 bits per heavy atom. The monoisotopic (exact) mass is 379 g/mol. The first kappa shape index (κ1) is 18.4. The minimum Gasteiger partial charge on any atom is -0.370 e. The summed E-state index contributed by atoms with van der Waals surface area (Å²) in [6.45, 7) is 1.97. The summed E-state index contributed by atoms with van der Waals surface area (Å²) in [5.41, 5.74) is 2.16. The van der Waals surface area contributed by atoms with Crippen LogP contribution in [0.15, 0.2) is 36.8 Å². The number of amides is 2. The molecule has 7 heteroatoms. The maximum Gasteiger partial charge on any atom is 0.255 e. The Hall–Kier alpha value is -2.96. The van der Waals surface area contributed by atoms with Crippen LogP contribution in [0.1, 0.15) is 48.9 Å². The highest BCUT2D eigenvalue weighted by molar-refractivity contribution is 6.06. The summed E-state index contributed by atoms with van der Waals surface area (Å²) in [7, 11) is 0. The van der Waals surface area contributed by atoms with Crippen LogP contribution < -0.4 is 15.5 Å². The average Bonchev–Trinajstić information content (AvgIpc) is 3.56. The molecule has 2 fully saturated rings. The number of rotatable bonds is 5. The van der Waals surface area contributed by atoms with E-state index in [4.69, 9.17) is 0 Å². The molecule has 2 aromatic heterocycles. The van der Waals surface area contributed by atoms with E-state index in [0.29, 0.717) is 17.1 Å². The van der Waals surface area contributed by atoms with Gasteiger partial charge in [-0.25, -0.2) is 4.98 Å². The molecule has 2 aliphatic rings. The molecule has 7 nitrogen and oxygen atoms in total. The van der Waals surface area contributed by atoms with Gasteiger partial charge in [-0.2, -0.15) is 0 Å². The van der Waals surface area contributed by atoms with Crippen LogP contribution in [0.5, 0.6) is 0 Å². The van der Waals surface area contributed by atoms with Crippen molar-refractivity contribution in [2.45, 2.75) is 38.5 Å². The van der Waals surface area contributed by atoms with Gasteiger partial charge in [-0.1, -0.05) is 12.8 Å². The van der Waals surface area contributed by atoms with Crippen LogP contribution in [-0.2, 0) is 4.79 Å². The summed E-state index contributed by atoms with van der Waals surface area (Å²) in [5.74, 6) is 0.225. The quantitative estimate of drug-likeness (QED) is 0.831. The second-order valence-electron chi connectivity index (χ2n) is 7.44. The van der Waals surface area contributed by atoms with E-state index in [0.717, 1.165) is 44.5 Å². The van der Waals surface area contributed by atoms with Crippen molar-refractivity contribution in [1.29, 1.82) is 0 Å². The second-order valence-corrected chi connectivity index (χ2v) is 7.44. The van der Waals surface area contributed by atoms with Crippen molar-refractivity contribution in [3.63, 3.8) is 0 Å². The lowest BCUT2D eigenvalue weighted by Crippen LogP contribution is -2.26. The summed E-state index contributed by atoms with van der Waals surface area (Å²) in [4.78, 5) is 35.4. The molecule has 0 atom stereocenters. The Morgan fingerprint density at radius 1 is 1.00 bits per heavy atom. The Balaban J connectivity index is 1.48. The predicted molar refractivity (Wildman–Crippen MR) is 108 cm³/mol. The number of hydrogen-bond donors (Lipinski definition) is 2. The van der Waals surface area contributed by atoms with Crippen molar-refractivity contribution in [1.82, 2.24) is 9.97 Å². The lowest BCUT2D eigenvalue weighted by atomic mass is 10.2. The lowest BCUT2D eigenvalue weighted by molar-refractivity contribution is -0.117. The molecule has 0 bridgehead atoms. The molecule has 1 aliphatic carbocycles. The number of aromatic nitrogens is 2. The molecule has 0 spiro atoms. The molecule has 2 aromatic rings. The molecular weight excluding hydrogens is 354 g/mol. The van der Waals surface area contributed by atoms with E-state index < -0.39 is 0 Å². The smallest absolute Gasteiger partial charge is 0.255 e. The fraction of sp³-hybridized carbons (Fsp3) is 0.429. The average molecular weight is 379 g/mol. The van der Waals surface area contributed by atoms with Gasteiger partial charge in [0.1, 0.15) is 5.82 Å². The van der Waals surface area contributed by atoms with Gasteiger partial charge >= 0.3 is 0 Å². The molecule has 2 amide bonds. The molecule has 0 aromatic carbocycles. The molecule has 4 rings (SSSR count). The molecule has 146 valence electrons. The molecule has 1 aliphatic heterocycles. The third-order valence-corrected chi connectivity index (χ3v) is 5.21. The molecule has 0 unspecified atom stereocenters. The summed E-state index contributed by atoms with van der Waals surface area (Å²) in [6, 6.07) is 5.20. The number of pyridine rings is 2. The number of nitrogens with zero attached hydrogens (tertiary/aromatic N) is 3. The molecule has 2 N–H and O–H groups in total. The largest absolute Gasteiger partial charge is 0.370 e. The number of anilines is 3. The van der Waals surface area contributed by atoms with E-state index in [1.807, 2.05) is 6.07 Å². The summed E-state index contributed by atoms with van der Waals surface area (Å²) >= 11 is 0. The standard InChI is InChI=1S/C21H25N5O2/c27-20(15-5-6-15)25-19-13-16(7-10-23-19)21(28)24-17-14-22-9-8-18(17)26-11-3-1-2-4-12-26/h7-10,13-15H,1-6,11-12H2,(H,24,28)(H,23,25,27). The minimum absolute atomic E-state index is 0.0271. The third kappa shape index (κ3) is 4.47. The molecule has 28 heavy (non-hydrogen) atoms. The van der Waals surface area contributed by atoms with Crippen molar-refractivity contribution >= 4 is 29.0 Å². The molecule has 3 heterocycles. The SMILES string of the molecule is O=C(Nc1cnccc1N1CCCCCC1)c1ccnc(NC(=O)C2CC2)c1. The highest BCUT2D eigenvalue weighted by Gasteiger charge is 2.29. The Bertz CT molecular complexity index is 857. The van der Waals surface area contributed by atoms with Gasteiger partial charge in [0.2, 0.25) is 5.91 Å². The normalized spacial score (nSPS) is 16.9. The van der Waals surface area contributed by atoms with Gasteiger partial charge in [0.05, 0.1) is 17.6 Å². The maximum absolute atomic E-state index is 12.8. The Morgan fingerprint density at radius 3 is 2.54 bits per heavy atom. The van der Waals surface area contributed by atoms with E-state index in [9.17, 15) is 9.59 Å².